The second-order valence-corrected chi connectivity index (χ2v) is 6.00. The molecule has 0 atom stereocenters. The smallest absolute Gasteiger partial charge is 0.336 e. The van der Waals surface area contributed by atoms with Crippen LogP contribution in [0.1, 0.15) is 30.6 Å². The lowest BCUT2D eigenvalue weighted by Crippen LogP contribution is -1.98. The van der Waals surface area contributed by atoms with Gasteiger partial charge in [0.15, 0.2) is 0 Å². The topological polar surface area (TPSA) is 37.3 Å². The van der Waals surface area contributed by atoms with Crippen LogP contribution in [0.2, 0.25) is 0 Å². The van der Waals surface area contributed by atoms with Gasteiger partial charge in [-0.05, 0) is 52.2 Å². The summed E-state index contributed by atoms with van der Waals surface area (Å²) in [4.78, 5) is 11.9. The first-order valence-electron chi connectivity index (χ1n) is 5.16. The summed E-state index contributed by atoms with van der Waals surface area (Å²) >= 11 is 4.94. The molecule has 1 aromatic carbocycles. The Bertz CT molecular complexity index is 377. The van der Waals surface area contributed by atoms with Gasteiger partial charge in [-0.3, -0.25) is 0 Å². The van der Waals surface area contributed by atoms with Crippen molar-refractivity contribution in [3.05, 3.63) is 28.2 Å². The highest BCUT2D eigenvalue weighted by Gasteiger charge is 2.09. The number of hydrogen-bond acceptors (Lipinski definition) is 2. The SMILES string of the molecule is CC(C)CCSc1ccc(Br)c(C(=O)O)c1. The summed E-state index contributed by atoms with van der Waals surface area (Å²) in [6.07, 6.45) is 1.14. The van der Waals surface area contributed by atoms with Crippen LogP contribution in [0, 0.1) is 5.92 Å². The molecule has 0 aliphatic heterocycles. The molecular weight excluding hydrogens is 288 g/mol. The third-order valence-electron chi connectivity index (χ3n) is 2.13. The summed E-state index contributed by atoms with van der Waals surface area (Å²) in [6, 6.07) is 5.46. The third kappa shape index (κ3) is 4.18. The van der Waals surface area contributed by atoms with Crippen LogP contribution in [-0.2, 0) is 0 Å². The van der Waals surface area contributed by atoms with E-state index >= 15 is 0 Å². The highest BCUT2D eigenvalue weighted by atomic mass is 79.9. The van der Waals surface area contributed by atoms with E-state index in [9.17, 15) is 4.79 Å². The predicted octanol–water partition coefficient (Wildman–Crippen LogP) is 4.29. The van der Waals surface area contributed by atoms with Gasteiger partial charge in [-0.2, -0.15) is 0 Å². The summed E-state index contributed by atoms with van der Waals surface area (Å²) in [7, 11) is 0. The van der Waals surface area contributed by atoms with Crippen molar-refractivity contribution in [2.75, 3.05) is 5.75 Å². The van der Waals surface area contributed by atoms with Crippen LogP contribution >= 0.6 is 27.7 Å². The number of carboxylic acids is 1. The number of benzene rings is 1. The van der Waals surface area contributed by atoms with E-state index in [2.05, 4.69) is 29.8 Å². The standard InChI is InChI=1S/C12H15BrO2S/c1-8(2)5-6-16-9-3-4-11(13)10(7-9)12(14)15/h3-4,7-8H,5-6H2,1-2H3,(H,14,15). The van der Waals surface area contributed by atoms with E-state index in [-0.39, 0.29) is 0 Å². The Hall–Kier alpha value is -0.480. The zero-order valence-corrected chi connectivity index (χ0v) is 11.8. The highest BCUT2D eigenvalue weighted by molar-refractivity contribution is 9.10. The van der Waals surface area contributed by atoms with Crippen LogP contribution in [0.5, 0.6) is 0 Å². The lowest BCUT2D eigenvalue weighted by Gasteiger charge is -2.06. The zero-order valence-electron chi connectivity index (χ0n) is 9.37. The predicted molar refractivity (Wildman–Crippen MR) is 71.3 cm³/mol. The second kappa shape index (κ2) is 6.30. The molecule has 0 bridgehead atoms. The zero-order chi connectivity index (χ0) is 12.1. The van der Waals surface area contributed by atoms with E-state index in [0.29, 0.717) is 16.0 Å². The number of halogens is 1. The minimum Gasteiger partial charge on any atom is -0.478 e. The highest BCUT2D eigenvalue weighted by Crippen LogP contribution is 2.26. The van der Waals surface area contributed by atoms with Gasteiger partial charge in [-0.25, -0.2) is 4.79 Å². The van der Waals surface area contributed by atoms with E-state index in [1.165, 1.54) is 0 Å². The van der Waals surface area contributed by atoms with Crippen molar-refractivity contribution in [3.63, 3.8) is 0 Å². The Morgan fingerprint density at radius 2 is 2.19 bits per heavy atom. The lowest BCUT2D eigenvalue weighted by atomic mass is 10.2. The van der Waals surface area contributed by atoms with Gasteiger partial charge in [-0.1, -0.05) is 13.8 Å². The minimum absolute atomic E-state index is 0.328. The van der Waals surface area contributed by atoms with E-state index < -0.39 is 5.97 Å². The normalized spacial score (nSPS) is 10.8. The molecule has 1 aromatic rings. The Balaban J connectivity index is 2.68. The quantitative estimate of drug-likeness (QED) is 0.825. The average molecular weight is 303 g/mol. The maximum absolute atomic E-state index is 10.9. The molecule has 0 aromatic heterocycles. The second-order valence-electron chi connectivity index (χ2n) is 3.98. The first-order chi connectivity index (χ1) is 7.50. The van der Waals surface area contributed by atoms with Gasteiger partial charge in [0, 0.05) is 9.37 Å². The Morgan fingerprint density at radius 1 is 1.50 bits per heavy atom. The van der Waals surface area contributed by atoms with Gasteiger partial charge in [0.2, 0.25) is 0 Å². The molecule has 4 heteroatoms. The van der Waals surface area contributed by atoms with Crippen molar-refractivity contribution in [3.8, 4) is 0 Å². The van der Waals surface area contributed by atoms with Gasteiger partial charge in [0.25, 0.3) is 0 Å². The van der Waals surface area contributed by atoms with Crippen LogP contribution in [0.15, 0.2) is 27.6 Å². The van der Waals surface area contributed by atoms with Gasteiger partial charge in [0.1, 0.15) is 0 Å². The third-order valence-corrected chi connectivity index (χ3v) is 3.85. The average Bonchev–Trinajstić information content (AvgIpc) is 2.19. The molecule has 0 saturated heterocycles. The Morgan fingerprint density at radius 3 is 2.75 bits per heavy atom. The summed E-state index contributed by atoms with van der Waals surface area (Å²) < 4.78 is 0.633. The number of thioether (sulfide) groups is 1. The monoisotopic (exact) mass is 302 g/mol. The van der Waals surface area contributed by atoms with Gasteiger partial charge in [0.05, 0.1) is 5.56 Å². The maximum Gasteiger partial charge on any atom is 0.336 e. The molecule has 16 heavy (non-hydrogen) atoms. The van der Waals surface area contributed by atoms with Gasteiger partial charge in [-0.15, -0.1) is 11.8 Å². The van der Waals surface area contributed by atoms with Crippen LogP contribution in [0.4, 0.5) is 0 Å². The maximum atomic E-state index is 10.9. The summed E-state index contributed by atoms with van der Waals surface area (Å²) in [5, 5.41) is 8.96. The molecule has 0 saturated carbocycles. The molecule has 1 N–H and O–H groups in total. The van der Waals surface area contributed by atoms with Crippen LogP contribution in [0.3, 0.4) is 0 Å². The molecule has 0 heterocycles. The molecule has 2 nitrogen and oxygen atoms in total. The number of carbonyl (C=O) groups is 1. The molecule has 88 valence electrons. The Labute approximate surface area is 109 Å². The molecule has 0 radical (unpaired) electrons. The number of rotatable bonds is 5. The van der Waals surface area contributed by atoms with Gasteiger partial charge < -0.3 is 5.11 Å². The van der Waals surface area contributed by atoms with Crippen LogP contribution in [0.25, 0.3) is 0 Å². The van der Waals surface area contributed by atoms with E-state index in [4.69, 9.17) is 5.11 Å². The molecule has 0 spiro atoms. The Kier molecular flexibility index (Phi) is 5.35. The largest absolute Gasteiger partial charge is 0.478 e. The lowest BCUT2D eigenvalue weighted by molar-refractivity contribution is 0.0695. The first-order valence-corrected chi connectivity index (χ1v) is 6.94. The van der Waals surface area contributed by atoms with Crippen molar-refractivity contribution in [1.82, 2.24) is 0 Å². The van der Waals surface area contributed by atoms with E-state index in [0.717, 1.165) is 17.1 Å². The van der Waals surface area contributed by atoms with E-state index in [1.807, 2.05) is 6.07 Å². The van der Waals surface area contributed by atoms with Crippen molar-refractivity contribution in [1.29, 1.82) is 0 Å². The molecule has 0 amide bonds. The van der Waals surface area contributed by atoms with Crippen molar-refractivity contribution >= 4 is 33.7 Å². The molecule has 0 fully saturated rings. The minimum atomic E-state index is -0.891. The summed E-state index contributed by atoms with van der Waals surface area (Å²) in [5.41, 5.74) is 0.328. The van der Waals surface area contributed by atoms with Crippen LogP contribution < -0.4 is 0 Å². The van der Waals surface area contributed by atoms with Crippen molar-refractivity contribution in [2.45, 2.75) is 25.2 Å². The summed E-state index contributed by atoms with van der Waals surface area (Å²) in [6.45, 7) is 4.37. The van der Waals surface area contributed by atoms with E-state index in [1.54, 1.807) is 23.9 Å². The van der Waals surface area contributed by atoms with Gasteiger partial charge >= 0.3 is 5.97 Å². The fraction of sp³-hybridized carbons (Fsp3) is 0.417. The number of aromatic carboxylic acids is 1. The molecular formula is C12H15BrO2S. The number of hydrogen-bond donors (Lipinski definition) is 1. The first kappa shape index (κ1) is 13.6. The molecule has 0 unspecified atom stereocenters. The molecule has 0 aliphatic rings. The number of carboxylic acid groups (broad SMARTS) is 1. The van der Waals surface area contributed by atoms with Crippen molar-refractivity contribution < 1.29 is 9.90 Å². The molecule has 1 rings (SSSR count). The summed E-state index contributed by atoms with van der Waals surface area (Å²) in [5.74, 6) is 0.818. The van der Waals surface area contributed by atoms with Crippen LogP contribution in [-0.4, -0.2) is 16.8 Å². The fourth-order valence-electron chi connectivity index (χ4n) is 1.17. The van der Waals surface area contributed by atoms with Crippen molar-refractivity contribution in [2.24, 2.45) is 5.92 Å². The fourth-order valence-corrected chi connectivity index (χ4v) is 2.78. The molecule has 0 aliphatic carbocycles.